The Morgan fingerprint density at radius 2 is 1.75 bits per heavy atom. The van der Waals surface area contributed by atoms with E-state index in [9.17, 15) is 9.59 Å². The van der Waals surface area contributed by atoms with Crippen molar-refractivity contribution in [1.82, 2.24) is 4.98 Å². The molecular formula is C25H24ClN3O3. The van der Waals surface area contributed by atoms with Gasteiger partial charge in [-0.1, -0.05) is 54.8 Å². The van der Waals surface area contributed by atoms with Crippen molar-refractivity contribution in [3.63, 3.8) is 0 Å². The van der Waals surface area contributed by atoms with Gasteiger partial charge in [0.1, 0.15) is 10.9 Å². The molecule has 1 fully saturated rings. The Labute approximate surface area is 192 Å². The first-order valence-corrected chi connectivity index (χ1v) is 10.9. The Morgan fingerprint density at radius 3 is 2.44 bits per heavy atom. The van der Waals surface area contributed by atoms with E-state index in [2.05, 4.69) is 15.6 Å². The molecule has 1 aliphatic rings. The summed E-state index contributed by atoms with van der Waals surface area (Å²) in [5, 5.41) is 6.11. The number of methoxy groups -OCH3 is 1. The van der Waals surface area contributed by atoms with Gasteiger partial charge >= 0.3 is 0 Å². The topological polar surface area (TPSA) is 80.3 Å². The fourth-order valence-electron chi connectivity index (χ4n) is 4.24. The van der Waals surface area contributed by atoms with Crippen LogP contribution in [0.5, 0.6) is 5.75 Å². The van der Waals surface area contributed by atoms with E-state index in [0.29, 0.717) is 22.7 Å². The number of nitrogens with one attached hydrogen (secondary N) is 2. The van der Waals surface area contributed by atoms with Crippen LogP contribution in [0, 0.1) is 0 Å². The molecule has 0 bridgehead atoms. The molecule has 0 spiro atoms. The van der Waals surface area contributed by atoms with Gasteiger partial charge in [-0.05, 0) is 42.7 Å². The van der Waals surface area contributed by atoms with Gasteiger partial charge in [0.2, 0.25) is 5.91 Å². The average molecular weight is 450 g/mol. The largest absolute Gasteiger partial charge is 0.494 e. The number of nitrogens with zero attached hydrogens (tertiary/aromatic N) is 1. The van der Waals surface area contributed by atoms with Crippen molar-refractivity contribution in [3.8, 4) is 5.75 Å². The Bertz CT molecular complexity index is 1130. The highest BCUT2D eigenvalue weighted by Crippen LogP contribution is 2.42. The molecule has 0 radical (unpaired) electrons. The number of carbonyl (C=O) groups is 2. The van der Waals surface area contributed by atoms with Crippen LogP contribution in [0.1, 0.15) is 41.6 Å². The third kappa shape index (κ3) is 4.46. The van der Waals surface area contributed by atoms with Crippen molar-refractivity contribution in [2.45, 2.75) is 31.1 Å². The van der Waals surface area contributed by atoms with Gasteiger partial charge in [0.05, 0.1) is 18.2 Å². The number of anilines is 2. The van der Waals surface area contributed by atoms with E-state index in [1.165, 1.54) is 19.4 Å². The molecule has 164 valence electrons. The lowest BCUT2D eigenvalue weighted by Gasteiger charge is -2.28. The third-order valence-corrected chi connectivity index (χ3v) is 6.12. The molecule has 32 heavy (non-hydrogen) atoms. The summed E-state index contributed by atoms with van der Waals surface area (Å²) in [6.45, 7) is 0. The second kappa shape index (κ2) is 9.40. The first kappa shape index (κ1) is 21.8. The van der Waals surface area contributed by atoms with Crippen molar-refractivity contribution in [2.24, 2.45) is 0 Å². The van der Waals surface area contributed by atoms with E-state index in [0.717, 1.165) is 31.2 Å². The molecule has 0 saturated heterocycles. The summed E-state index contributed by atoms with van der Waals surface area (Å²) in [6, 6.07) is 18.2. The van der Waals surface area contributed by atoms with Gasteiger partial charge in [-0.2, -0.15) is 0 Å². The van der Waals surface area contributed by atoms with Crippen molar-refractivity contribution in [2.75, 3.05) is 17.7 Å². The summed E-state index contributed by atoms with van der Waals surface area (Å²) in [4.78, 5) is 29.8. The number of rotatable bonds is 6. The number of hydrogen-bond donors (Lipinski definition) is 2. The predicted molar refractivity (Wildman–Crippen MR) is 125 cm³/mol. The van der Waals surface area contributed by atoms with Crippen LogP contribution in [0.2, 0.25) is 5.15 Å². The standard InChI is InChI=1S/C25H24ClN3O3/c1-32-21-16-19(9-10-20(21)29-23(30)17-11-14-27-22(26)15-17)28-24(31)25(12-5-6-13-25)18-7-3-2-4-8-18/h2-4,7-11,14-16H,5-6,12-13H2,1H3,(H,28,31)(H,29,30). The molecule has 2 N–H and O–H groups in total. The van der Waals surface area contributed by atoms with E-state index < -0.39 is 5.41 Å². The van der Waals surface area contributed by atoms with Gasteiger partial charge in [0.25, 0.3) is 5.91 Å². The predicted octanol–water partition coefficient (Wildman–Crippen LogP) is 5.45. The second-order valence-corrected chi connectivity index (χ2v) is 8.23. The highest BCUT2D eigenvalue weighted by atomic mass is 35.5. The summed E-state index contributed by atoms with van der Waals surface area (Å²) in [5.41, 5.74) is 2.00. The van der Waals surface area contributed by atoms with Crippen molar-refractivity contribution in [1.29, 1.82) is 0 Å². The van der Waals surface area contributed by atoms with E-state index in [1.54, 1.807) is 24.3 Å². The van der Waals surface area contributed by atoms with Crippen LogP contribution in [0.4, 0.5) is 11.4 Å². The third-order valence-electron chi connectivity index (χ3n) is 5.91. The van der Waals surface area contributed by atoms with Crippen molar-refractivity contribution in [3.05, 3.63) is 83.1 Å². The molecule has 1 aliphatic carbocycles. The Kier molecular flexibility index (Phi) is 6.42. The average Bonchev–Trinajstić information content (AvgIpc) is 3.32. The number of carbonyl (C=O) groups excluding carboxylic acids is 2. The maximum absolute atomic E-state index is 13.4. The maximum Gasteiger partial charge on any atom is 0.255 e. The van der Waals surface area contributed by atoms with E-state index >= 15 is 0 Å². The molecule has 0 atom stereocenters. The Hall–Kier alpha value is -3.38. The lowest BCUT2D eigenvalue weighted by Crippen LogP contribution is -2.37. The monoisotopic (exact) mass is 449 g/mol. The van der Waals surface area contributed by atoms with Crippen LogP contribution in [-0.2, 0) is 10.2 Å². The molecule has 4 rings (SSSR count). The first-order chi connectivity index (χ1) is 15.5. The van der Waals surface area contributed by atoms with Gasteiger partial charge in [-0.3, -0.25) is 9.59 Å². The zero-order valence-electron chi connectivity index (χ0n) is 17.7. The van der Waals surface area contributed by atoms with Crippen LogP contribution >= 0.6 is 11.6 Å². The Morgan fingerprint density at radius 1 is 1.00 bits per heavy atom. The summed E-state index contributed by atoms with van der Waals surface area (Å²) in [6.07, 6.45) is 5.16. The maximum atomic E-state index is 13.4. The highest BCUT2D eigenvalue weighted by Gasteiger charge is 2.42. The summed E-state index contributed by atoms with van der Waals surface area (Å²) >= 11 is 5.87. The molecular weight excluding hydrogens is 426 g/mol. The zero-order valence-corrected chi connectivity index (χ0v) is 18.5. The van der Waals surface area contributed by atoms with Gasteiger partial charge in [0, 0.05) is 23.5 Å². The Balaban J connectivity index is 1.54. The SMILES string of the molecule is COc1cc(NC(=O)C2(c3ccccc3)CCCC2)ccc1NC(=O)c1ccnc(Cl)c1. The lowest BCUT2D eigenvalue weighted by molar-refractivity contribution is -0.121. The van der Waals surface area contributed by atoms with Gasteiger partial charge in [-0.15, -0.1) is 0 Å². The zero-order chi connectivity index (χ0) is 22.6. The minimum Gasteiger partial charge on any atom is -0.494 e. The van der Waals surface area contributed by atoms with Gasteiger partial charge in [-0.25, -0.2) is 4.98 Å². The second-order valence-electron chi connectivity index (χ2n) is 7.85. The number of ether oxygens (including phenoxy) is 1. The molecule has 0 unspecified atom stereocenters. The highest BCUT2D eigenvalue weighted by molar-refractivity contribution is 6.29. The molecule has 3 aromatic rings. The fourth-order valence-corrected chi connectivity index (χ4v) is 4.42. The van der Waals surface area contributed by atoms with E-state index in [-0.39, 0.29) is 17.0 Å². The molecule has 2 aromatic carbocycles. The van der Waals surface area contributed by atoms with Crippen LogP contribution in [0.3, 0.4) is 0 Å². The molecule has 2 amide bonds. The van der Waals surface area contributed by atoms with Crippen LogP contribution < -0.4 is 15.4 Å². The van der Waals surface area contributed by atoms with E-state index in [1.807, 2.05) is 30.3 Å². The van der Waals surface area contributed by atoms with E-state index in [4.69, 9.17) is 16.3 Å². The summed E-state index contributed by atoms with van der Waals surface area (Å²) < 4.78 is 5.46. The van der Waals surface area contributed by atoms with Crippen molar-refractivity contribution >= 4 is 34.8 Å². The number of aromatic nitrogens is 1. The number of hydrogen-bond acceptors (Lipinski definition) is 4. The number of amides is 2. The normalized spacial score (nSPS) is 14.6. The first-order valence-electron chi connectivity index (χ1n) is 10.5. The summed E-state index contributed by atoms with van der Waals surface area (Å²) in [7, 11) is 1.52. The minimum absolute atomic E-state index is 0.0218. The van der Waals surface area contributed by atoms with Gasteiger partial charge in [0.15, 0.2) is 0 Å². The molecule has 1 aromatic heterocycles. The molecule has 1 saturated carbocycles. The van der Waals surface area contributed by atoms with Crippen molar-refractivity contribution < 1.29 is 14.3 Å². The quantitative estimate of drug-likeness (QED) is 0.490. The summed E-state index contributed by atoms with van der Waals surface area (Å²) in [5.74, 6) is 0.0846. The number of pyridine rings is 1. The van der Waals surface area contributed by atoms with Crippen LogP contribution in [0.15, 0.2) is 66.9 Å². The number of benzene rings is 2. The smallest absolute Gasteiger partial charge is 0.255 e. The molecule has 0 aliphatic heterocycles. The lowest BCUT2D eigenvalue weighted by atomic mass is 9.78. The van der Waals surface area contributed by atoms with Gasteiger partial charge < -0.3 is 15.4 Å². The van der Waals surface area contributed by atoms with Crippen LogP contribution in [0.25, 0.3) is 0 Å². The fraction of sp³-hybridized carbons (Fsp3) is 0.240. The molecule has 6 nitrogen and oxygen atoms in total. The number of halogens is 1. The molecule has 7 heteroatoms. The molecule has 1 heterocycles. The minimum atomic E-state index is -0.526. The van der Waals surface area contributed by atoms with Crippen LogP contribution in [-0.4, -0.2) is 23.9 Å².